The molecule has 0 atom stereocenters. The second-order valence-corrected chi connectivity index (χ2v) is 5.10. The maximum atomic E-state index is 12.8. The lowest BCUT2D eigenvalue weighted by Crippen LogP contribution is -2.50. The molecule has 0 bridgehead atoms. The third kappa shape index (κ3) is 4.10. The fourth-order valence-electron chi connectivity index (χ4n) is 2.24. The third-order valence-corrected chi connectivity index (χ3v) is 3.54. The monoisotopic (exact) mass is 301 g/mol. The molecule has 1 fully saturated rings. The number of nitrogens with one attached hydrogen (secondary N) is 1. The van der Waals surface area contributed by atoms with Crippen LogP contribution in [0.5, 0.6) is 0 Å². The van der Waals surface area contributed by atoms with Gasteiger partial charge in [0, 0.05) is 32.7 Å². The largest absolute Gasteiger partial charge is 0.416 e. The van der Waals surface area contributed by atoms with E-state index < -0.39 is 11.7 Å². The highest BCUT2D eigenvalue weighted by Crippen LogP contribution is 2.31. The molecule has 1 aromatic rings. The van der Waals surface area contributed by atoms with Gasteiger partial charge in [0.2, 0.25) is 0 Å². The van der Waals surface area contributed by atoms with Crippen LogP contribution >= 0.6 is 0 Å². The number of carbonyl (C=O) groups excluding carboxylic acids is 1. The van der Waals surface area contributed by atoms with Crippen molar-refractivity contribution in [1.82, 2.24) is 15.1 Å². The first-order valence-electron chi connectivity index (χ1n) is 6.74. The smallest absolute Gasteiger partial charge is 0.334 e. The van der Waals surface area contributed by atoms with Gasteiger partial charge in [-0.1, -0.05) is 18.2 Å². The van der Waals surface area contributed by atoms with E-state index in [4.69, 9.17) is 0 Å². The molecule has 0 spiro atoms. The Morgan fingerprint density at radius 1 is 1.19 bits per heavy atom. The molecule has 1 N–H and O–H groups in total. The second kappa shape index (κ2) is 6.34. The van der Waals surface area contributed by atoms with Crippen LogP contribution in [0.4, 0.5) is 18.0 Å². The van der Waals surface area contributed by atoms with Crippen molar-refractivity contribution in [1.29, 1.82) is 0 Å². The Bertz CT molecular complexity index is 496. The molecule has 0 aliphatic carbocycles. The summed E-state index contributed by atoms with van der Waals surface area (Å²) in [5.41, 5.74) is -0.629. The highest BCUT2D eigenvalue weighted by molar-refractivity contribution is 5.74. The molecular formula is C14H18F3N3O. The van der Waals surface area contributed by atoms with Gasteiger partial charge in [0.15, 0.2) is 0 Å². The van der Waals surface area contributed by atoms with Crippen LogP contribution in [0, 0.1) is 0 Å². The standard InChI is InChI=1S/C14H18F3N3O/c1-19-6-8-20(9-7-19)13(21)18-10-11-4-2-3-5-12(11)14(15,16)17/h2-5H,6-10H2,1H3,(H,18,21). The summed E-state index contributed by atoms with van der Waals surface area (Å²) in [5, 5.41) is 2.56. The normalized spacial score (nSPS) is 16.9. The first kappa shape index (κ1) is 15.6. The lowest BCUT2D eigenvalue weighted by Gasteiger charge is -2.32. The van der Waals surface area contributed by atoms with Crippen molar-refractivity contribution in [2.45, 2.75) is 12.7 Å². The number of likely N-dealkylation sites (N-methyl/N-ethyl adjacent to an activating group) is 1. The molecule has 116 valence electrons. The number of benzene rings is 1. The first-order valence-corrected chi connectivity index (χ1v) is 6.74. The Labute approximate surface area is 121 Å². The fourth-order valence-corrected chi connectivity index (χ4v) is 2.24. The Morgan fingerprint density at radius 2 is 1.81 bits per heavy atom. The molecule has 2 rings (SSSR count). The van der Waals surface area contributed by atoms with Gasteiger partial charge < -0.3 is 15.1 Å². The highest BCUT2D eigenvalue weighted by atomic mass is 19.4. The topological polar surface area (TPSA) is 35.6 Å². The van der Waals surface area contributed by atoms with Gasteiger partial charge in [0.1, 0.15) is 0 Å². The van der Waals surface area contributed by atoms with Gasteiger partial charge in [-0.15, -0.1) is 0 Å². The lowest BCUT2D eigenvalue weighted by atomic mass is 10.1. The minimum atomic E-state index is -4.41. The number of nitrogens with zero attached hydrogens (tertiary/aromatic N) is 2. The van der Waals surface area contributed by atoms with Crippen molar-refractivity contribution < 1.29 is 18.0 Å². The van der Waals surface area contributed by atoms with Crippen molar-refractivity contribution in [2.75, 3.05) is 33.2 Å². The van der Waals surface area contributed by atoms with Gasteiger partial charge in [-0.2, -0.15) is 13.2 Å². The average molecular weight is 301 g/mol. The van der Waals surface area contributed by atoms with E-state index in [-0.39, 0.29) is 18.1 Å². The summed E-state index contributed by atoms with van der Waals surface area (Å²) in [5.74, 6) is 0. The Hall–Kier alpha value is -1.76. The number of hydrogen-bond acceptors (Lipinski definition) is 2. The quantitative estimate of drug-likeness (QED) is 0.908. The van der Waals surface area contributed by atoms with E-state index in [1.165, 1.54) is 18.2 Å². The zero-order chi connectivity index (χ0) is 15.5. The minimum Gasteiger partial charge on any atom is -0.334 e. The summed E-state index contributed by atoms with van der Waals surface area (Å²) in [4.78, 5) is 15.7. The van der Waals surface area contributed by atoms with Crippen LogP contribution in [0.3, 0.4) is 0 Å². The van der Waals surface area contributed by atoms with E-state index >= 15 is 0 Å². The highest BCUT2D eigenvalue weighted by Gasteiger charge is 2.33. The number of rotatable bonds is 2. The zero-order valence-electron chi connectivity index (χ0n) is 11.8. The van der Waals surface area contributed by atoms with Gasteiger partial charge in [-0.05, 0) is 18.7 Å². The summed E-state index contributed by atoms with van der Waals surface area (Å²) >= 11 is 0. The van der Waals surface area contributed by atoms with E-state index in [9.17, 15) is 18.0 Å². The maximum absolute atomic E-state index is 12.8. The lowest BCUT2D eigenvalue weighted by molar-refractivity contribution is -0.138. The number of piperazine rings is 1. The molecule has 7 heteroatoms. The molecule has 4 nitrogen and oxygen atoms in total. The number of alkyl halides is 3. The van der Waals surface area contributed by atoms with Crippen LogP contribution in [0.1, 0.15) is 11.1 Å². The van der Waals surface area contributed by atoms with Crippen molar-refractivity contribution in [2.24, 2.45) is 0 Å². The molecule has 0 aromatic heterocycles. The molecular weight excluding hydrogens is 283 g/mol. The van der Waals surface area contributed by atoms with E-state index in [1.54, 1.807) is 4.90 Å². The summed E-state index contributed by atoms with van der Waals surface area (Å²) in [7, 11) is 1.97. The molecule has 0 radical (unpaired) electrons. The fraction of sp³-hybridized carbons (Fsp3) is 0.500. The minimum absolute atomic E-state index is 0.0764. The average Bonchev–Trinajstić information content (AvgIpc) is 2.45. The van der Waals surface area contributed by atoms with Crippen LogP contribution in [-0.4, -0.2) is 49.1 Å². The second-order valence-electron chi connectivity index (χ2n) is 5.10. The van der Waals surface area contributed by atoms with Crippen molar-refractivity contribution in [3.63, 3.8) is 0 Å². The molecule has 1 aromatic carbocycles. The van der Waals surface area contributed by atoms with Gasteiger partial charge in [0.25, 0.3) is 0 Å². The first-order chi connectivity index (χ1) is 9.88. The predicted octanol–water partition coefficient (Wildman–Crippen LogP) is 2.16. The van der Waals surface area contributed by atoms with Gasteiger partial charge in [-0.25, -0.2) is 4.79 Å². The molecule has 1 aliphatic rings. The van der Waals surface area contributed by atoms with Crippen LogP contribution < -0.4 is 5.32 Å². The molecule has 0 unspecified atom stereocenters. The number of hydrogen-bond donors (Lipinski definition) is 1. The van der Waals surface area contributed by atoms with Crippen LogP contribution in [-0.2, 0) is 12.7 Å². The molecule has 1 heterocycles. The van der Waals surface area contributed by atoms with Crippen molar-refractivity contribution in [3.8, 4) is 0 Å². The number of carbonyl (C=O) groups is 1. The summed E-state index contributed by atoms with van der Waals surface area (Å²) in [6.07, 6.45) is -4.41. The molecule has 1 aliphatic heterocycles. The van der Waals surface area contributed by atoms with E-state index in [1.807, 2.05) is 7.05 Å². The molecule has 0 saturated carbocycles. The molecule has 21 heavy (non-hydrogen) atoms. The van der Waals surface area contributed by atoms with Gasteiger partial charge in [-0.3, -0.25) is 0 Å². The summed E-state index contributed by atoms with van der Waals surface area (Å²) in [6.45, 7) is 2.59. The van der Waals surface area contributed by atoms with E-state index in [2.05, 4.69) is 10.2 Å². The van der Waals surface area contributed by atoms with Gasteiger partial charge >= 0.3 is 12.2 Å². The summed E-state index contributed by atoms with van der Waals surface area (Å²) in [6, 6.07) is 4.96. The molecule has 2 amide bonds. The third-order valence-electron chi connectivity index (χ3n) is 3.54. The molecule has 1 saturated heterocycles. The van der Waals surface area contributed by atoms with Crippen LogP contribution in [0.15, 0.2) is 24.3 Å². The Balaban J connectivity index is 1.96. The Kier molecular flexibility index (Phi) is 4.72. The zero-order valence-corrected chi connectivity index (χ0v) is 11.8. The maximum Gasteiger partial charge on any atom is 0.416 e. The van der Waals surface area contributed by atoms with Crippen LogP contribution in [0.25, 0.3) is 0 Å². The van der Waals surface area contributed by atoms with Crippen molar-refractivity contribution in [3.05, 3.63) is 35.4 Å². The van der Waals surface area contributed by atoms with Crippen LogP contribution in [0.2, 0.25) is 0 Å². The number of amides is 2. The number of urea groups is 1. The Morgan fingerprint density at radius 3 is 2.43 bits per heavy atom. The number of halogens is 3. The summed E-state index contributed by atoms with van der Waals surface area (Å²) < 4.78 is 38.5. The van der Waals surface area contributed by atoms with E-state index in [0.717, 1.165) is 19.2 Å². The van der Waals surface area contributed by atoms with E-state index in [0.29, 0.717) is 13.1 Å². The van der Waals surface area contributed by atoms with Crippen molar-refractivity contribution >= 4 is 6.03 Å². The predicted molar refractivity (Wildman–Crippen MR) is 72.7 cm³/mol. The van der Waals surface area contributed by atoms with Gasteiger partial charge in [0.05, 0.1) is 5.56 Å². The SMILES string of the molecule is CN1CCN(C(=O)NCc2ccccc2C(F)(F)F)CC1.